The fraction of sp³-hybridized carbons (Fsp3) is 0.833. The summed E-state index contributed by atoms with van der Waals surface area (Å²) in [7, 11) is 0. The van der Waals surface area contributed by atoms with Gasteiger partial charge in [0.1, 0.15) is 0 Å². The number of carbonyl (C=O) groups excluding carboxylic acids is 1. The predicted octanol–water partition coefficient (Wildman–Crippen LogP) is 0.0356. The minimum atomic E-state index is -0.613. The maximum atomic E-state index is 10.9. The van der Waals surface area contributed by atoms with E-state index in [4.69, 9.17) is 5.73 Å². The fourth-order valence-corrected chi connectivity index (χ4v) is 0.973. The lowest BCUT2D eigenvalue weighted by Crippen LogP contribution is -2.55. The first-order chi connectivity index (χ1) is 4.13. The lowest BCUT2D eigenvalue weighted by molar-refractivity contribution is -0.127. The van der Waals surface area contributed by atoms with E-state index in [1.807, 2.05) is 0 Å². The van der Waals surface area contributed by atoms with Gasteiger partial charge in [-0.2, -0.15) is 0 Å². The SMILES string of the molecule is CC1(N)CCCNC1=O.Cl. The van der Waals surface area contributed by atoms with Crippen molar-refractivity contribution < 1.29 is 4.79 Å². The molecule has 0 bridgehead atoms. The summed E-state index contributed by atoms with van der Waals surface area (Å²) in [4.78, 5) is 10.9. The van der Waals surface area contributed by atoms with E-state index >= 15 is 0 Å². The van der Waals surface area contributed by atoms with Crippen LogP contribution in [0.2, 0.25) is 0 Å². The number of nitrogens with one attached hydrogen (secondary N) is 1. The molecule has 1 fully saturated rings. The molecule has 0 aromatic heterocycles. The van der Waals surface area contributed by atoms with E-state index in [1.54, 1.807) is 6.92 Å². The first kappa shape index (κ1) is 9.72. The molecule has 1 unspecified atom stereocenters. The van der Waals surface area contributed by atoms with Crippen LogP contribution in [0.15, 0.2) is 0 Å². The Kier molecular flexibility index (Phi) is 3.12. The zero-order chi connectivity index (χ0) is 6.91. The molecule has 0 aromatic carbocycles. The summed E-state index contributed by atoms with van der Waals surface area (Å²) in [5, 5.41) is 2.71. The van der Waals surface area contributed by atoms with Crippen molar-refractivity contribution in [2.24, 2.45) is 5.73 Å². The summed E-state index contributed by atoms with van der Waals surface area (Å²) in [6, 6.07) is 0. The van der Waals surface area contributed by atoms with E-state index in [0.29, 0.717) is 0 Å². The van der Waals surface area contributed by atoms with Crippen molar-refractivity contribution in [3.8, 4) is 0 Å². The lowest BCUT2D eigenvalue weighted by atomic mass is 9.93. The molecule has 0 aromatic rings. The molecule has 1 aliphatic heterocycles. The van der Waals surface area contributed by atoms with E-state index in [1.165, 1.54) is 0 Å². The molecule has 0 saturated carbocycles. The Morgan fingerprint density at radius 2 is 2.30 bits per heavy atom. The van der Waals surface area contributed by atoms with Gasteiger partial charge in [-0.05, 0) is 19.8 Å². The molecule has 1 heterocycles. The van der Waals surface area contributed by atoms with Crippen LogP contribution in [-0.2, 0) is 4.79 Å². The highest BCUT2D eigenvalue weighted by molar-refractivity contribution is 5.86. The Labute approximate surface area is 66.8 Å². The highest BCUT2D eigenvalue weighted by Gasteiger charge is 2.30. The molecule has 1 atom stereocenters. The van der Waals surface area contributed by atoms with Crippen LogP contribution in [0.5, 0.6) is 0 Å². The zero-order valence-corrected chi connectivity index (χ0v) is 6.83. The monoisotopic (exact) mass is 164 g/mol. The second-order valence-electron chi connectivity index (χ2n) is 2.78. The minimum Gasteiger partial charge on any atom is -0.355 e. The fourth-order valence-electron chi connectivity index (χ4n) is 0.973. The van der Waals surface area contributed by atoms with Gasteiger partial charge in [0, 0.05) is 6.54 Å². The molecule has 0 aliphatic carbocycles. The summed E-state index contributed by atoms with van der Waals surface area (Å²) < 4.78 is 0. The third-order valence-corrected chi connectivity index (χ3v) is 1.68. The van der Waals surface area contributed by atoms with Crippen LogP contribution in [-0.4, -0.2) is 18.0 Å². The van der Waals surface area contributed by atoms with Gasteiger partial charge in [-0.25, -0.2) is 0 Å². The first-order valence-electron chi connectivity index (χ1n) is 3.20. The molecule has 3 N–H and O–H groups in total. The molecule has 1 amide bonds. The molecule has 3 nitrogen and oxygen atoms in total. The van der Waals surface area contributed by atoms with Gasteiger partial charge < -0.3 is 11.1 Å². The Bertz CT molecular complexity index is 136. The van der Waals surface area contributed by atoms with Crippen LogP contribution in [0.25, 0.3) is 0 Å². The molecule has 0 spiro atoms. The number of rotatable bonds is 0. The highest BCUT2D eigenvalue weighted by Crippen LogP contribution is 2.11. The van der Waals surface area contributed by atoms with E-state index in [9.17, 15) is 4.79 Å². The Morgan fingerprint density at radius 3 is 2.60 bits per heavy atom. The van der Waals surface area contributed by atoms with Crippen molar-refractivity contribution in [3.05, 3.63) is 0 Å². The van der Waals surface area contributed by atoms with Crippen molar-refractivity contribution in [1.29, 1.82) is 0 Å². The van der Waals surface area contributed by atoms with Crippen LogP contribution in [0.4, 0.5) is 0 Å². The van der Waals surface area contributed by atoms with Crippen molar-refractivity contribution in [1.82, 2.24) is 5.32 Å². The van der Waals surface area contributed by atoms with Crippen molar-refractivity contribution >= 4 is 18.3 Å². The van der Waals surface area contributed by atoms with Crippen molar-refractivity contribution in [3.63, 3.8) is 0 Å². The Hall–Kier alpha value is -0.280. The summed E-state index contributed by atoms with van der Waals surface area (Å²) in [5.41, 5.74) is 5.00. The van der Waals surface area contributed by atoms with E-state index in [-0.39, 0.29) is 18.3 Å². The highest BCUT2D eigenvalue weighted by atomic mass is 35.5. The minimum absolute atomic E-state index is 0. The summed E-state index contributed by atoms with van der Waals surface area (Å²) in [6.07, 6.45) is 1.80. The Morgan fingerprint density at radius 1 is 1.70 bits per heavy atom. The Balaban J connectivity index is 0.000000810. The van der Waals surface area contributed by atoms with Gasteiger partial charge in [-0.3, -0.25) is 4.79 Å². The van der Waals surface area contributed by atoms with Gasteiger partial charge in [0.25, 0.3) is 0 Å². The maximum Gasteiger partial charge on any atom is 0.239 e. The van der Waals surface area contributed by atoms with Gasteiger partial charge >= 0.3 is 0 Å². The van der Waals surface area contributed by atoms with Gasteiger partial charge in [0.15, 0.2) is 0 Å². The quantitative estimate of drug-likeness (QED) is 0.531. The number of carbonyl (C=O) groups is 1. The second kappa shape index (κ2) is 3.21. The maximum absolute atomic E-state index is 10.9. The number of nitrogens with two attached hydrogens (primary N) is 1. The van der Waals surface area contributed by atoms with Crippen LogP contribution >= 0.6 is 12.4 Å². The third kappa shape index (κ3) is 1.85. The van der Waals surface area contributed by atoms with Crippen LogP contribution in [0.1, 0.15) is 19.8 Å². The average Bonchev–Trinajstić information content (AvgIpc) is 1.77. The molecule has 0 radical (unpaired) electrons. The van der Waals surface area contributed by atoms with Crippen molar-refractivity contribution in [2.75, 3.05) is 6.54 Å². The smallest absolute Gasteiger partial charge is 0.239 e. The van der Waals surface area contributed by atoms with Gasteiger partial charge in [0.2, 0.25) is 5.91 Å². The van der Waals surface area contributed by atoms with E-state index < -0.39 is 5.54 Å². The predicted molar refractivity (Wildman–Crippen MR) is 42.1 cm³/mol. The molecule has 1 rings (SSSR count). The number of hydrogen-bond acceptors (Lipinski definition) is 2. The molecule has 4 heteroatoms. The van der Waals surface area contributed by atoms with Crippen LogP contribution in [0, 0.1) is 0 Å². The average molecular weight is 165 g/mol. The molecular weight excluding hydrogens is 152 g/mol. The van der Waals surface area contributed by atoms with Crippen molar-refractivity contribution in [2.45, 2.75) is 25.3 Å². The van der Waals surface area contributed by atoms with Gasteiger partial charge in [-0.1, -0.05) is 0 Å². The van der Waals surface area contributed by atoms with Crippen LogP contribution < -0.4 is 11.1 Å². The molecule has 1 saturated heterocycles. The molecule has 10 heavy (non-hydrogen) atoms. The normalized spacial score (nSPS) is 32.4. The molecule has 1 aliphatic rings. The lowest BCUT2D eigenvalue weighted by Gasteiger charge is -2.27. The summed E-state index contributed by atoms with van der Waals surface area (Å²) in [5.74, 6) is -0.0197. The number of amides is 1. The molecule has 60 valence electrons. The zero-order valence-electron chi connectivity index (χ0n) is 6.02. The number of piperidine rings is 1. The largest absolute Gasteiger partial charge is 0.355 e. The standard InChI is InChI=1S/C6H12N2O.ClH/c1-6(7)3-2-4-8-5(6)9;/h2-4,7H2,1H3,(H,8,9);1H. The molecular formula is C6H13ClN2O. The second-order valence-corrected chi connectivity index (χ2v) is 2.78. The van der Waals surface area contributed by atoms with Gasteiger partial charge in [0.05, 0.1) is 5.54 Å². The van der Waals surface area contributed by atoms with Gasteiger partial charge in [-0.15, -0.1) is 12.4 Å². The summed E-state index contributed by atoms with van der Waals surface area (Å²) >= 11 is 0. The van der Waals surface area contributed by atoms with Crippen LogP contribution in [0.3, 0.4) is 0 Å². The number of hydrogen-bond donors (Lipinski definition) is 2. The van der Waals surface area contributed by atoms with E-state index in [0.717, 1.165) is 19.4 Å². The third-order valence-electron chi connectivity index (χ3n) is 1.68. The summed E-state index contributed by atoms with van der Waals surface area (Å²) in [6.45, 7) is 2.55. The first-order valence-corrected chi connectivity index (χ1v) is 3.20. The number of halogens is 1. The van der Waals surface area contributed by atoms with E-state index in [2.05, 4.69) is 5.32 Å². The topological polar surface area (TPSA) is 55.1 Å².